The fourth-order valence-electron chi connectivity index (χ4n) is 4.14. The average molecular weight is 397 g/mol. The van der Waals surface area contributed by atoms with E-state index in [2.05, 4.69) is 75.6 Å². The average Bonchev–Trinajstić information content (AvgIpc) is 3.22. The quantitative estimate of drug-likeness (QED) is 0.346. The highest BCUT2D eigenvalue weighted by Gasteiger charge is 2.09. The van der Waals surface area contributed by atoms with E-state index in [0.717, 1.165) is 33.5 Å². The van der Waals surface area contributed by atoms with Crippen molar-refractivity contribution in [2.45, 2.75) is 0 Å². The number of hydrogen-bond donors (Lipinski definition) is 1. The van der Waals surface area contributed by atoms with E-state index in [4.69, 9.17) is 0 Å². The number of benzene rings is 3. The predicted octanol–water partition coefficient (Wildman–Crippen LogP) is 7.11. The van der Waals surface area contributed by atoms with Crippen molar-refractivity contribution in [3.8, 4) is 33.6 Å². The van der Waals surface area contributed by atoms with Crippen LogP contribution in [0.5, 0.6) is 0 Å². The fraction of sp³-hybridized carbons (Fsp3) is 0. The molecule has 0 atom stereocenters. The molecule has 3 aromatic heterocycles. The topological polar surface area (TPSA) is 41.6 Å². The number of aromatic amines is 1. The van der Waals surface area contributed by atoms with Gasteiger partial charge in [0.1, 0.15) is 0 Å². The summed E-state index contributed by atoms with van der Waals surface area (Å²) in [5, 5.41) is 2.43. The van der Waals surface area contributed by atoms with Crippen LogP contribution < -0.4 is 0 Å². The van der Waals surface area contributed by atoms with Crippen molar-refractivity contribution in [3.63, 3.8) is 0 Å². The van der Waals surface area contributed by atoms with E-state index in [1.165, 1.54) is 21.9 Å². The second-order valence-corrected chi connectivity index (χ2v) is 7.65. The molecular formula is C28H19N3. The van der Waals surface area contributed by atoms with Crippen LogP contribution in [-0.4, -0.2) is 15.0 Å². The number of H-pyrrole nitrogens is 1. The maximum Gasteiger partial charge on any atom is 0.0702 e. The molecular weight excluding hydrogens is 378 g/mol. The zero-order valence-electron chi connectivity index (χ0n) is 16.8. The first-order valence-electron chi connectivity index (χ1n) is 10.3. The molecule has 0 amide bonds. The third-order valence-electron chi connectivity index (χ3n) is 5.74. The molecule has 0 radical (unpaired) electrons. The van der Waals surface area contributed by atoms with Gasteiger partial charge in [-0.2, -0.15) is 0 Å². The Morgan fingerprint density at radius 2 is 0.968 bits per heavy atom. The third kappa shape index (κ3) is 3.17. The lowest BCUT2D eigenvalue weighted by atomic mass is 10.00. The summed E-state index contributed by atoms with van der Waals surface area (Å²) < 4.78 is 0. The number of aromatic nitrogens is 3. The number of nitrogens with zero attached hydrogens (tertiary/aromatic N) is 2. The van der Waals surface area contributed by atoms with Gasteiger partial charge in [-0.25, -0.2) is 0 Å². The molecule has 0 unspecified atom stereocenters. The van der Waals surface area contributed by atoms with Crippen LogP contribution in [0.15, 0.2) is 109 Å². The van der Waals surface area contributed by atoms with E-state index >= 15 is 0 Å². The van der Waals surface area contributed by atoms with Gasteiger partial charge in [0.05, 0.1) is 11.4 Å². The molecule has 3 aromatic carbocycles. The van der Waals surface area contributed by atoms with Crippen LogP contribution in [0.25, 0.3) is 55.4 Å². The zero-order valence-corrected chi connectivity index (χ0v) is 16.8. The molecule has 0 aliphatic heterocycles. The van der Waals surface area contributed by atoms with E-state index in [0.29, 0.717) is 0 Å². The normalized spacial score (nSPS) is 11.2. The third-order valence-corrected chi connectivity index (χ3v) is 5.74. The van der Waals surface area contributed by atoms with E-state index in [1.54, 1.807) is 0 Å². The van der Waals surface area contributed by atoms with E-state index in [1.807, 2.05) is 48.8 Å². The van der Waals surface area contributed by atoms with Crippen LogP contribution in [0.1, 0.15) is 0 Å². The Bertz CT molecular complexity index is 1500. The van der Waals surface area contributed by atoms with Crippen molar-refractivity contribution < 1.29 is 0 Å². The largest absolute Gasteiger partial charge is 0.355 e. The highest BCUT2D eigenvalue weighted by Crippen LogP contribution is 2.33. The molecule has 1 N–H and O–H groups in total. The lowest BCUT2D eigenvalue weighted by Gasteiger charge is -2.05. The maximum atomic E-state index is 4.50. The van der Waals surface area contributed by atoms with Gasteiger partial charge in [0.15, 0.2) is 0 Å². The summed E-state index contributed by atoms with van der Waals surface area (Å²) in [5.41, 5.74) is 8.89. The minimum atomic E-state index is 0.986. The SMILES string of the molecule is c1ccc(-c2ccc(-c3ccc4[nH]c5ccc(-c6ccccn6)cc5c4c3)cc2)nc1. The second kappa shape index (κ2) is 7.22. The van der Waals surface area contributed by atoms with Crippen molar-refractivity contribution in [3.05, 3.63) is 109 Å². The van der Waals surface area contributed by atoms with Gasteiger partial charge in [-0.05, 0) is 59.7 Å². The minimum Gasteiger partial charge on any atom is -0.355 e. The molecule has 0 aliphatic rings. The Kier molecular flexibility index (Phi) is 4.10. The van der Waals surface area contributed by atoms with E-state index in [-0.39, 0.29) is 0 Å². The van der Waals surface area contributed by atoms with E-state index < -0.39 is 0 Å². The second-order valence-electron chi connectivity index (χ2n) is 7.65. The molecule has 6 aromatic rings. The molecule has 31 heavy (non-hydrogen) atoms. The molecule has 0 saturated heterocycles. The zero-order chi connectivity index (χ0) is 20.6. The Morgan fingerprint density at radius 3 is 1.58 bits per heavy atom. The molecule has 0 bridgehead atoms. The fourth-order valence-corrected chi connectivity index (χ4v) is 4.14. The van der Waals surface area contributed by atoms with Crippen molar-refractivity contribution in [2.75, 3.05) is 0 Å². The first-order valence-corrected chi connectivity index (χ1v) is 10.3. The van der Waals surface area contributed by atoms with Crippen LogP contribution in [-0.2, 0) is 0 Å². The van der Waals surface area contributed by atoms with Crippen LogP contribution in [0.3, 0.4) is 0 Å². The molecule has 6 rings (SSSR count). The molecule has 3 heterocycles. The number of nitrogens with one attached hydrogen (secondary N) is 1. The van der Waals surface area contributed by atoms with Crippen molar-refractivity contribution in [2.24, 2.45) is 0 Å². The van der Waals surface area contributed by atoms with Crippen molar-refractivity contribution in [1.82, 2.24) is 15.0 Å². The summed E-state index contributed by atoms with van der Waals surface area (Å²) in [5.74, 6) is 0. The number of pyridine rings is 2. The van der Waals surface area contributed by atoms with Gasteiger partial charge in [0.2, 0.25) is 0 Å². The highest BCUT2D eigenvalue weighted by molar-refractivity contribution is 6.09. The molecule has 146 valence electrons. The smallest absolute Gasteiger partial charge is 0.0702 e. The first-order chi connectivity index (χ1) is 15.3. The molecule has 3 heteroatoms. The summed E-state index contributed by atoms with van der Waals surface area (Å²) in [6.45, 7) is 0. The minimum absolute atomic E-state index is 0.986. The van der Waals surface area contributed by atoms with Gasteiger partial charge in [0.25, 0.3) is 0 Å². The Labute approximate surface area is 180 Å². The Balaban J connectivity index is 1.44. The van der Waals surface area contributed by atoms with Crippen LogP contribution in [0.4, 0.5) is 0 Å². The first kappa shape index (κ1) is 17.6. The summed E-state index contributed by atoms with van der Waals surface area (Å²) in [6.07, 6.45) is 3.66. The van der Waals surface area contributed by atoms with Gasteiger partial charge < -0.3 is 4.98 Å². The summed E-state index contributed by atoms with van der Waals surface area (Å²) in [4.78, 5) is 12.5. The lowest BCUT2D eigenvalue weighted by molar-refractivity contribution is 1.33. The molecule has 0 spiro atoms. The van der Waals surface area contributed by atoms with Crippen LogP contribution in [0, 0.1) is 0 Å². The Morgan fingerprint density at radius 1 is 0.452 bits per heavy atom. The highest BCUT2D eigenvalue weighted by atomic mass is 14.7. The molecule has 0 saturated carbocycles. The van der Waals surface area contributed by atoms with Gasteiger partial charge >= 0.3 is 0 Å². The van der Waals surface area contributed by atoms with Crippen molar-refractivity contribution >= 4 is 21.8 Å². The number of hydrogen-bond acceptors (Lipinski definition) is 2. The van der Waals surface area contributed by atoms with Gasteiger partial charge in [-0.15, -0.1) is 0 Å². The van der Waals surface area contributed by atoms with Crippen LogP contribution >= 0.6 is 0 Å². The summed E-state index contributed by atoms with van der Waals surface area (Å²) in [6, 6.07) is 33.7. The number of fused-ring (bicyclic) bond motifs is 3. The van der Waals surface area contributed by atoms with Gasteiger partial charge in [-0.3, -0.25) is 9.97 Å². The predicted molar refractivity (Wildman–Crippen MR) is 128 cm³/mol. The number of rotatable bonds is 3. The lowest BCUT2D eigenvalue weighted by Crippen LogP contribution is -1.83. The molecule has 0 aliphatic carbocycles. The molecule has 0 fully saturated rings. The van der Waals surface area contributed by atoms with Gasteiger partial charge in [0, 0.05) is 45.3 Å². The Hall–Kier alpha value is -4.24. The van der Waals surface area contributed by atoms with E-state index in [9.17, 15) is 0 Å². The summed E-state index contributed by atoms with van der Waals surface area (Å²) >= 11 is 0. The van der Waals surface area contributed by atoms with Crippen molar-refractivity contribution in [1.29, 1.82) is 0 Å². The van der Waals surface area contributed by atoms with Crippen LogP contribution in [0.2, 0.25) is 0 Å². The monoisotopic (exact) mass is 397 g/mol. The molecule has 3 nitrogen and oxygen atoms in total. The standard InChI is InChI=1S/C28H19N3/c1-3-15-29-25(5-1)20-9-7-19(8-10-20)21-11-13-27-23(17-21)24-18-22(12-14-28(24)31-27)26-6-2-4-16-30-26/h1-18,31H. The van der Waals surface area contributed by atoms with Gasteiger partial charge in [-0.1, -0.05) is 48.5 Å². The maximum absolute atomic E-state index is 4.50. The summed E-state index contributed by atoms with van der Waals surface area (Å²) in [7, 11) is 0.